The first-order chi connectivity index (χ1) is 10.8. The van der Waals surface area contributed by atoms with Crippen LogP contribution in [0.25, 0.3) is 5.69 Å². The molecule has 3 rings (SSSR count). The van der Waals surface area contributed by atoms with E-state index in [4.69, 9.17) is 10.00 Å². The van der Waals surface area contributed by atoms with E-state index in [1.807, 2.05) is 25.1 Å². The molecule has 1 aromatic heterocycles. The van der Waals surface area contributed by atoms with E-state index in [1.165, 1.54) is 16.6 Å². The molecule has 1 heterocycles. The summed E-state index contributed by atoms with van der Waals surface area (Å²) in [5.74, 6) is 0.618. The van der Waals surface area contributed by atoms with Crippen LogP contribution in [0.2, 0.25) is 0 Å². The zero-order chi connectivity index (χ0) is 15.4. The van der Waals surface area contributed by atoms with Gasteiger partial charge >= 0.3 is 0 Å². The van der Waals surface area contributed by atoms with Crippen LogP contribution in [0.3, 0.4) is 0 Å². The molecule has 0 N–H and O–H groups in total. The van der Waals surface area contributed by atoms with Gasteiger partial charge in [0.15, 0.2) is 0 Å². The van der Waals surface area contributed by atoms with Crippen LogP contribution < -0.4 is 4.74 Å². The van der Waals surface area contributed by atoms with Crippen molar-refractivity contribution in [3.05, 3.63) is 65.5 Å². The van der Waals surface area contributed by atoms with E-state index >= 15 is 0 Å². The van der Waals surface area contributed by atoms with Gasteiger partial charge in [0, 0.05) is 0 Å². The van der Waals surface area contributed by atoms with Crippen molar-refractivity contribution in [1.29, 1.82) is 5.26 Å². The van der Waals surface area contributed by atoms with Crippen LogP contribution in [0.15, 0.2) is 48.8 Å². The fourth-order valence-electron chi connectivity index (χ4n) is 2.12. The monoisotopic (exact) mass is 291 g/mol. The molecule has 6 nitrogen and oxygen atoms in total. The largest absolute Gasteiger partial charge is 0.487 e. The third-order valence-corrected chi connectivity index (χ3v) is 3.16. The van der Waals surface area contributed by atoms with Gasteiger partial charge in [0.25, 0.3) is 0 Å². The van der Waals surface area contributed by atoms with Crippen LogP contribution in [-0.4, -0.2) is 20.2 Å². The normalized spacial score (nSPS) is 10.2. The van der Waals surface area contributed by atoms with Gasteiger partial charge in [0.1, 0.15) is 24.4 Å². The highest BCUT2D eigenvalue weighted by Gasteiger charge is 2.09. The summed E-state index contributed by atoms with van der Waals surface area (Å²) in [4.78, 5) is 0. The minimum Gasteiger partial charge on any atom is -0.487 e. The van der Waals surface area contributed by atoms with E-state index in [2.05, 4.69) is 27.7 Å². The number of tetrazole rings is 1. The third-order valence-electron chi connectivity index (χ3n) is 3.16. The second kappa shape index (κ2) is 6.06. The van der Waals surface area contributed by atoms with Gasteiger partial charge in [-0.2, -0.15) is 9.94 Å². The summed E-state index contributed by atoms with van der Waals surface area (Å²) < 4.78 is 7.35. The summed E-state index contributed by atoms with van der Waals surface area (Å²) in [6.07, 6.45) is 1.47. The van der Waals surface area contributed by atoms with Crippen LogP contribution in [0.5, 0.6) is 5.75 Å². The third kappa shape index (κ3) is 2.94. The first-order valence-electron chi connectivity index (χ1n) is 6.72. The lowest BCUT2D eigenvalue weighted by molar-refractivity contribution is 0.304. The molecule has 22 heavy (non-hydrogen) atoms. The Bertz CT molecular complexity index is 821. The van der Waals surface area contributed by atoms with Crippen molar-refractivity contribution in [3.8, 4) is 17.5 Å². The Kier molecular flexibility index (Phi) is 3.79. The maximum absolute atomic E-state index is 9.04. The van der Waals surface area contributed by atoms with Gasteiger partial charge < -0.3 is 4.74 Å². The number of nitriles is 1. The number of nitrogens with zero attached hydrogens (tertiary/aromatic N) is 5. The maximum atomic E-state index is 9.04. The van der Waals surface area contributed by atoms with Crippen molar-refractivity contribution in [2.24, 2.45) is 0 Å². The van der Waals surface area contributed by atoms with Crippen LogP contribution in [0.4, 0.5) is 0 Å². The van der Waals surface area contributed by atoms with E-state index in [9.17, 15) is 0 Å². The Morgan fingerprint density at radius 3 is 2.86 bits per heavy atom. The Labute approximate surface area is 127 Å². The van der Waals surface area contributed by atoms with E-state index in [-0.39, 0.29) is 0 Å². The number of hydrogen-bond acceptors (Lipinski definition) is 5. The van der Waals surface area contributed by atoms with Gasteiger partial charge in [-0.05, 0) is 41.1 Å². The molecule has 0 aliphatic rings. The fourth-order valence-corrected chi connectivity index (χ4v) is 2.12. The fraction of sp³-hybridized carbons (Fsp3) is 0.125. The molecule has 0 bridgehead atoms. The molecule has 0 atom stereocenters. The van der Waals surface area contributed by atoms with Crippen LogP contribution in [0.1, 0.15) is 16.7 Å². The summed E-state index contributed by atoms with van der Waals surface area (Å²) in [6, 6.07) is 15.4. The average Bonchev–Trinajstić information content (AvgIpc) is 3.07. The summed E-state index contributed by atoms with van der Waals surface area (Å²) in [5, 5.41) is 20.1. The lowest BCUT2D eigenvalue weighted by Crippen LogP contribution is -2.03. The SMILES string of the molecule is Cc1cccc(COc2ccc(C#N)cc2-n2cnnn2)c1. The van der Waals surface area contributed by atoms with Gasteiger partial charge in [-0.25, -0.2) is 0 Å². The van der Waals surface area contributed by atoms with Crippen LogP contribution in [-0.2, 0) is 6.61 Å². The number of hydrogen-bond donors (Lipinski definition) is 0. The zero-order valence-electron chi connectivity index (χ0n) is 12.0. The summed E-state index contributed by atoms with van der Waals surface area (Å²) in [6.45, 7) is 2.47. The van der Waals surface area contributed by atoms with Crippen molar-refractivity contribution in [2.45, 2.75) is 13.5 Å². The standard InChI is InChI=1S/C16H13N5O/c1-12-3-2-4-14(7-12)10-22-16-6-5-13(9-17)8-15(16)21-11-18-19-20-21/h2-8,11H,10H2,1H3. The summed E-state index contributed by atoms with van der Waals surface area (Å²) in [7, 11) is 0. The predicted octanol–water partition coefficient (Wildman–Crippen LogP) is 2.42. The van der Waals surface area contributed by atoms with Crippen LogP contribution in [0, 0.1) is 18.3 Å². The van der Waals surface area contributed by atoms with E-state index in [0.29, 0.717) is 23.6 Å². The summed E-state index contributed by atoms with van der Waals surface area (Å²) in [5.41, 5.74) is 3.42. The molecule has 0 aliphatic heterocycles. The number of rotatable bonds is 4. The zero-order valence-corrected chi connectivity index (χ0v) is 12.0. The molecule has 0 fully saturated rings. The summed E-state index contributed by atoms with van der Waals surface area (Å²) >= 11 is 0. The molecule has 0 radical (unpaired) electrons. The maximum Gasteiger partial charge on any atom is 0.145 e. The highest BCUT2D eigenvalue weighted by atomic mass is 16.5. The lowest BCUT2D eigenvalue weighted by atomic mass is 10.1. The van der Waals surface area contributed by atoms with Crippen molar-refractivity contribution in [1.82, 2.24) is 20.2 Å². The van der Waals surface area contributed by atoms with Crippen LogP contribution >= 0.6 is 0 Å². The Hall–Kier alpha value is -3.20. The van der Waals surface area contributed by atoms with Crippen molar-refractivity contribution < 1.29 is 4.74 Å². The van der Waals surface area contributed by atoms with Gasteiger partial charge in [-0.3, -0.25) is 0 Å². The molecular weight excluding hydrogens is 278 g/mol. The van der Waals surface area contributed by atoms with E-state index in [0.717, 1.165) is 5.56 Å². The second-order valence-electron chi connectivity index (χ2n) is 4.83. The Balaban J connectivity index is 1.89. The second-order valence-corrected chi connectivity index (χ2v) is 4.83. The molecule has 108 valence electrons. The van der Waals surface area contributed by atoms with E-state index < -0.39 is 0 Å². The first kappa shape index (κ1) is 13.8. The molecule has 0 unspecified atom stereocenters. The van der Waals surface area contributed by atoms with Crippen molar-refractivity contribution in [2.75, 3.05) is 0 Å². The van der Waals surface area contributed by atoms with Crippen molar-refractivity contribution >= 4 is 0 Å². The number of ether oxygens (including phenoxy) is 1. The molecular formula is C16H13N5O. The minimum atomic E-state index is 0.433. The molecule has 0 saturated heterocycles. The Morgan fingerprint density at radius 1 is 1.23 bits per heavy atom. The lowest BCUT2D eigenvalue weighted by Gasteiger charge is -2.11. The topological polar surface area (TPSA) is 76.6 Å². The number of aryl methyl sites for hydroxylation is 1. The highest BCUT2D eigenvalue weighted by molar-refractivity contribution is 5.51. The number of benzene rings is 2. The Morgan fingerprint density at radius 2 is 2.14 bits per heavy atom. The van der Waals surface area contributed by atoms with Gasteiger partial charge in [0.2, 0.25) is 0 Å². The van der Waals surface area contributed by atoms with Crippen molar-refractivity contribution in [3.63, 3.8) is 0 Å². The molecule has 0 saturated carbocycles. The number of aromatic nitrogens is 4. The molecule has 0 aliphatic carbocycles. The minimum absolute atomic E-state index is 0.433. The quantitative estimate of drug-likeness (QED) is 0.737. The molecule has 3 aromatic rings. The molecule has 2 aromatic carbocycles. The average molecular weight is 291 g/mol. The molecule has 6 heteroatoms. The molecule has 0 amide bonds. The van der Waals surface area contributed by atoms with Gasteiger partial charge in [-0.1, -0.05) is 29.8 Å². The van der Waals surface area contributed by atoms with E-state index in [1.54, 1.807) is 18.2 Å². The molecule has 0 spiro atoms. The predicted molar refractivity (Wildman–Crippen MR) is 79.4 cm³/mol. The van der Waals surface area contributed by atoms with Gasteiger partial charge in [0.05, 0.1) is 11.6 Å². The smallest absolute Gasteiger partial charge is 0.145 e. The first-order valence-corrected chi connectivity index (χ1v) is 6.72. The highest BCUT2D eigenvalue weighted by Crippen LogP contribution is 2.24. The van der Waals surface area contributed by atoms with Gasteiger partial charge in [-0.15, -0.1) is 5.10 Å².